The molecule has 202 valence electrons. The normalized spacial score (nSPS) is 20.1. The Bertz CT molecular complexity index is 1140. The van der Waals surface area contributed by atoms with Crippen molar-refractivity contribution in [3.05, 3.63) is 62.9 Å². The lowest BCUT2D eigenvalue weighted by molar-refractivity contribution is -0.192. The molecule has 0 amide bonds. The van der Waals surface area contributed by atoms with Crippen LogP contribution in [0.5, 0.6) is 5.75 Å². The Morgan fingerprint density at radius 1 is 1.05 bits per heavy atom. The molecule has 2 aliphatic rings. The summed E-state index contributed by atoms with van der Waals surface area (Å²) in [7, 11) is 0. The van der Waals surface area contributed by atoms with Crippen LogP contribution in [0.25, 0.3) is 0 Å². The van der Waals surface area contributed by atoms with Crippen molar-refractivity contribution in [3.8, 4) is 5.75 Å². The fraction of sp³-hybridized carbons (Fsp3) is 0.440. The van der Waals surface area contributed by atoms with Gasteiger partial charge in [-0.2, -0.15) is 13.2 Å². The Labute approximate surface area is 220 Å². The third kappa shape index (κ3) is 7.96. The summed E-state index contributed by atoms with van der Waals surface area (Å²) >= 11 is 12.3. The van der Waals surface area contributed by atoms with Gasteiger partial charge >= 0.3 is 18.1 Å². The molecule has 0 unspecified atom stereocenters. The van der Waals surface area contributed by atoms with Gasteiger partial charge in [-0.15, -0.1) is 0 Å². The molecule has 6 nitrogen and oxygen atoms in total. The third-order valence-corrected chi connectivity index (χ3v) is 6.66. The zero-order chi connectivity index (χ0) is 27.5. The van der Waals surface area contributed by atoms with Crippen LogP contribution in [0, 0.1) is 5.82 Å². The molecular formula is C25H25Cl2F4NO5. The van der Waals surface area contributed by atoms with E-state index in [1.807, 2.05) is 12.1 Å². The Morgan fingerprint density at radius 3 is 2.16 bits per heavy atom. The first-order valence-electron chi connectivity index (χ1n) is 11.5. The maximum Gasteiger partial charge on any atom is 0.490 e. The molecule has 1 aliphatic heterocycles. The summed E-state index contributed by atoms with van der Waals surface area (Å²) in [5.74, 6) is -4.03. The number of aliphatic carboxylic acids is 1. The first-order chi connectivity index (χ1) is 17.3. The highest BCUT2D eigenvalue weighted by atomic mass is 35.5. The zero-order valence-corrected chi connectivity index (χ0v) is 21.2. The molecule has 0 bridgehead atoms. The fourth-order valence-electron chi connectivity index (χ4n) is 4.21. The van der Waals surface area contributed by atoms with Gasteiger partial charge in [-0.1, -0.05) is 23.2 Å². The SMILES string of the molecule is C[C@@H]1[C@H](Oc2cc(F)c(C(=O)O)cc2C2CC2)CCCN1Cc1cc(Cl)cc(Cl)c1.O=C(O)C(F)(F)F. The fourth-order valence-corrected chi connectivity index (χ4v) is 4.78. The van der Waals surface area contributed by atoms with E-state index in [1.165, 1.54) is 12.1 Å². The number of rotatable bonds is 6. The predicted octanol–water partition coefficient (Wildman–Crippen LogP) is 6.77. The summed E-state index contributed by atoms with van der Waals surface area (Å²) in [6.07, 6.45) is -1.43. The summed E-state index contributed by atoms with van der Waals surface area (Å²) in [4.78, 5) is 22.5. The number of benzene rings is 2. The topological polar surface area (TPSA) is 87.1 Å². The maximum atomic E-state index is 14.4. The largest absolute Gasteiger partial charge is 0.490 e. The highest BCUT2D eigenvalue weighted by molar-refractivity contribution is 6.34. The minimum absolute atomic E-state index is 0.103. The van der Waals surface area contributed by atoms with Crippen LogP contribution in [0.4, 0.5) is 17.6 Å². The molecule has 2 atom stereocenters. The molecule has 12 heteroatoms. The second kappa shape index (κ2) is 11.9. The van der Waals surface area contributed by atoms with Crippen LogP contribution in [0.2, 0.25) is 10.0 Å². The van der Waals surface area contributed by atoms with E-state index in [-0.39, 0.29) is 23.6 Å². The van der Waals surface area contributed by atoms with Gasteiger partial charge < -0.3 is 14.9 Å². The molecule has 1 saturated carbocycles. The number of carbonyl (C=O) groups is 2. The van der Waals surface area contributed by atoms with E-state index in [9.17, 15) is 27.5 Å². The number of carboxylic acid groups (broad SMARTS) is 2. The number of alkyl halides is 3. The van der Waals surface area contributed by atoms with E-state index in [4.69, 9.17) is 37.8 Å². The van der Waals surface area contributed by atoms with Crippen LogP contribution in [0.15, 0.2) is 30.3 Å². The van der Waals surface area contributed by atoms with Crippen molar-refractivity contribution in [1.29, 1.82) is 0 Å². The van der Waals surface area contributed by atoms with Gasteiger partial charge in [0.1, 0.15) is 17.7 Å². The third-order valence-electron chi connectivity index (χ3n) is 6.22. The highest BCUT2D eigenvalue weighted by Crippen LogP contribution is 2.45. The standard InChI is InChI=1S/C23H24Cl2FNO3.C2HF3O2/c1-13-21(3-2-6-27(13)12-14-7-16(24)9-17(25)8-14)30-22-11-20(26)19(23(28)29)10-18(22)15-4-5-15;3-2(4,5)1(6)7/h7-11,13,15,21H,2-6,12H2,1H3,(H,28,29);(H,6,7)/t13-,21-;/m1./s1. The Balaban J connectivity index is 0.000000479. The number of nitrogens with zero attached hydrogens (tertiary/aromatic N) is 1. The Morgan fingerprint density at radius 2 is 1.65 bits per heavy atom. The summed E-state index contributed by atoms with van der Waals surface area (Å²) in [5.41, 5.74) is 1.55. The van der Waals surface area contributed by atoms with E-state index in [1.54, 1.807) is 6.07 Å². The molecule has 0 radical (unpaired) electrons. The summed E-state index contributed by atoms with van der Waals surface area (Å²) in [6, 6.07) is 8.34. The maximum absolute atomic E-state index is 14.4. The van der Waals surface area contributed by atoms with Gasteiger partial charge in [0.05, 0.1) is 5.56 Å². The molecule has 2 fully saturated rings. The van der Waals surface area contributed by atoms with Crippen LogP contribution in [0.3, 0.4) is 0 Å². The predicted molar refractivity (Wildman–Crippen MR) is 129 cm³/mol. The summed E-state index contributed by atoms with van der Waals surface area (Å²) < 4.78 is 52.4. The van der Waals surface area contributed by atoms with E-state index < -0.39 is 23.9 Å². The average molecular weight is 566 g/mol. The van der Waals surface area contributed by atoms with Crippen LogP contribution < -0.4 is 4.74 Å². The van der Waals surface area contributed by atoms with E-state index in [2.05, 4.69) is 11.8 Å². The van der Waals surface area contributed by atoms with Crippen LogP contribution in [0.1, 0.15) is 60.0 Å². The molecule has 4 rings (SSSR count). The van der Waals surface area contributed by atoms with Gasteiger partial charge in [0.15, 0.2) is 0 Å². The van der Waals surface area contributed by atoms with E-state index in [0.717, 1.165) is 43.4 Å². The number of piperidine rings is 1. The minimum atomic E-state index is -5.08. The molecule has 2 aromatic rings. The number of likely N-dealkylation sites (tertiary alicyclic amines) is 1. The summed E-state index contributed by atoms with van der Waals surface area (Å²) in [5, 5.41) is 17.6. The molecule has 0 spiro atoms. The smallest absolute Gasteiger partial charge is 0.488 e. The van der Waals surface area contributed by atoms with Crippen molar-refractivity contribution in [3.63, 3.8) is 0 Å². The molecular weight excluding hydrogens is 541 g/mol. The number of halogens is 6. The van der Waals surface area contributed by atoms with Crippen LogP contribution >= 0.6 is 23.2 Å². The molecule has 1 saturated heterocycles. The number of hydrogen-bond donors (Lipinski definition) is 2. The van der Waals surface area contributed by atoms with Crippen LogP contribution in [-0.4, -0.2) is 51.9 Å². The van der Waals surface area contributed by atoms with Gasteiger partial charge in [-0.05, 0) is 80.5 Å². The highest BCUT2D eigenvalue weighted by Gasteiger charge is 2.38. The van der Waals surface area contributed by atoms with Gasteiger partial charge in [0, 0.05) is 28.7 Å². The number of carboxylic acids is 2. The number of ether oxygens (including phenoxy) is 1. The minimum Gasteiger partial charge on any atom is -0.488 e. The molecule has 37 heavy (non-hydrogen) atoms. The average Bonchev–Trinajstić information content (AvgIpc) is 3.61. The molecule has 1 aliphatic carbocycles. The lowest BCUT2D eigenvalue weighted by Crippen LogP contribution is -2.48. The summed E-state index contributed by atoms with van der Waals surface area (Å²) in [6.45, 7) is 3.73. The second-order valence-corrected chi connectivity index (χ2v) is 9.91. The lowest BCUT2D eigenvalue weighted by atomic mass is 9.98. The lowest BCUT2D eigenvalue weighted by Gasteiger charge is -2.39. The molecule has 2 N–H and O–H groups in total. The Kier molecular flexibility index (Phi) is 9.31. The first-order valence-corrected chi connectivity index (χ1v) is 12.2. The number of hydrogen-bond acceptors (Lipinski definition) is 4. The van der Waals surface area contributed by atoms with Gasteiger partial charge in [-0.3, -0.25) is 4.90 Å². The van der Waals surface area contributed by atoms with Crippen molar-refractivity contribution in [1.82, 2.24) is 4.90 Å². The van der Waals surface area contributed by atoms with Crippen molar-refractivity contribution >= 4 is 35.1 Å². The van der Waals surface area contributed by atoms with E-state index >= 15 is 0 Å². The van der Waals surface area contributed by atoms with Crippen molar-refractivity contribution in [2.75, 3.05) is 6.54 Å². The quantitative estimate of drug-likeness (QED) is 0.376. The van der Waals surface area contributed by atoms with Crippen molar-refractivity contribution in [2.45, 2.75) is 63.4 Å². The zero-order valence-electron chi connectivity index (χ0n) is 19.7. The molecule has 0 aromatic heterocycles. The molecule has 2 aromatic carbocycles. The molecule has 1 heterocycles. The first kappa shape index (κ1) is 29.0. The van der Waals surface area contributed by atoms with Gasteiger partial charge in [0.2, 0.25) is 0 Å². The number of aromatic carboxylic acids is 1. The van der Waals surface area contributed by atoms with Crippen molar-refractivity contribution in [2.24, 2.45) is 0 Å². The van der Waals surface area contributed by atoms with Crippen molar-refractivity contribution < 1.29 is 42.1 Å². The monoisotopic (exact) mass is 565 g/mol. The van der Waals surface area contributed by atoms with E-state index in [0.29, 0.717) is 22.3 Å². The van der Waals surface area contributed by atoms with Gasteiger partial charge in [-0.25, -0.2) is 14.0 Å². The Hall–Kier alpha value is -2.56. The second-order valence-electron chi connectivity index (χ2n) is 9.04. The van der Waals surface area contributed by atoms with Crippen LogP contribution in [-0.2, 0) is 11.3 Å². The van der Waals surface area contributed by atoms with Gasteiger partial charge in [0.25, 0.3) is 0 Å².